The van der Waals surface area contributed by atoms with E-state index in [1.807, 2.05) is 15.9 Å². The van der Waals surface area contributed by atoms with Crippen molar-refractivity contribution in [3.05, 3.63) is 32.8 Å². The Bertz CT molecular complexity index is 417. The van der Waals surface area contributed by atoms with Gasteiger partial charge in [-0.2, -0.15) is 8.78 Å². The molecule has 0 saturated heterocycles. The van der Waals surface area contributed by atoms with Crippen molar-refractivity contribution < 1.29 is 13.6 Å². The van der Waals surface area contributed by atoms with Gasteiger partial charge < -0.3 is 0 Å². The second-order valence-corrected chi connectivity index (χ2v) is 4.79. The van der Waals surface area contributed by atoms with E-state index >= 15 is 0 Å². The minimum absolute atomic E-state index is 0.0516. The van der Waals surface area contributed by atoms with Gasteiger partial charge in [0.05, 0.1) is 10.0 Å². The zero-order valence-corrected chi connectivity index (χ0v) is 10.7. The summed E-state index contributed by atoms with van der Waals surface area (Å²) in [5.74, 6) is -1.49. The SMILES string of the molecule is O=C(c1cc(Cl)cc(Cl)c1Cl)C(F)(F)Br. The number of Topliss-reactive ketones (excluding diaryl/α,β-unsaturated/α-hetero) is 1. The molecule has 1 aromatic rings. The molecule has 0 aliphatic rings. The van der Waals surface area contributed by atoms with Crippen LogP contribution in [0.4, 0.5) is 8.78 Å². The van der Waals surface area contributed by atoms with Gasteiger partial charge in [-0.05, 0) is 28.1 Å². The fraction of sp³-hybridized carbons (Fsp3) is 0.125. The van der Waals surface area contributed by atoms with E-state index in [0.29, 0.717) is 0 Å². The van der Waals surface area contributed by atoms with Gasteiger partial charge >= 0.3 is 4.83 Å². The molecule has 0 radical (unpaired) electrons. The highest BCUT2D eigenvalue weighted by Crippen LogP contribution is 2.35. The molecule has 7 heteroatoms. The number of hydrogen-bond donors (Lipinski definition) is 0. The molecule has 0 aliphatic heterocycles. The zero-order valence-electron chi connectivity index (χ0n) is 6.83. The topological polar surface area (TPSA) is 17.1 Å². The Balaban J connectivity index is 3.32. The lowest BCUT2D eigenvalue weighted by Crippen LogP contribution is -2.21. The number of hydrogen-bond acceptors (Lipinski definition) is 1. The third-order valence-electron chi connectivity index (χ3n) is 1.50. The second-order valence-electron chi connectivity index (χ2n) is 2.58. The number of carbonyl (C=O) groups is 1. The predicted octanol–water partition coefficient (Wildman–Crippen LogP) is 4.82. The van der Waals surface area contributed by atoms with Crippen LogP contribution in [-0.4, -0.2) is 10.6 Å². The van der Waals surface area contributed by atoms with Crippen LogP contribution < -0.4 is 0 Å². The van der Waals surface area contributed by atoms with Gasteiger partial charge in [0.2, 0.25) is 5.78 Å². The fourth-order valence-corrected chi connectivity index (χ4v) is 1.78. The Hall–Kier alpha value is 0.1000. The Kier molecular flexibility index (Phi) is 3.98. The fourth-order valence-electron chi connectivity index (χ4n) is 0.874. The van der Waals surface area contributed by atoms with Crippen LogP contribution in [0.25, 0.3) is 0 Å². The van der Waals surface area contributed by atoms with Gasteiger partial charge in [-0.3, -0.25) is 4.79 Å². The molecule has 0 spiro atoms. The molecule has 0 unspecified atom stereocenters. The van der Waals surface area contributed by atoms with Crippen molar-refractivity contribution in [1.82, 2.24) is 0 Å². The summed E-state index contributed by atoms with van der Waals surface area (Å²) in [6.07, 6.45) is 0. The van der Waals surface area contributed by atoms with Gasteiger partial charge in [0, 0.05) is 10.6 Å². The van der Waals surface area contributed by atoms with Gasteiger partial charge in [-0.25, -0.2) is 0 Å². The first-order chi connectivity index (χ1) is 6.73. The van der Waals surface area contributed by atoms with Gasteiger partial charge in [0.1, 0.15) is 0 Å². The van der Waals surface area contributed by atoms with Crippen molar-refractivity contribution in [1.29, 1.82) is 0 Å². The maximum atomic E-state index is 12.7. The number of alkyl halides is 3. The van der Waals surface area contributed by atoms with Crippen LogP contribution in [0.1, 0.15) is 10.4 Å². The first kappa shape index (κ1) is 13.2. The quantitative estimate of drug-likeness (QED) is 0.429. The summed E-state index contributed by atoms with van der Waals surface area (Å²) in [5, 5.41) is -0.237. The van der Waals surface area contributed by atoms with Crippen LogP contribution >= 0.6 is 50.7 Å². The van der Waals surface area contributed by atoms with Crippen molar-refractivity contribution in [2.45, 2.75) is 4.83 Å². The van der Waals surface area contributed by atoms with E-state index in [-0.39, 0.29) is 15.1 Å². The summed E-state index contributed by atoms with van der Waals surface area (Å²) < 4.78 is 25.3. The summed E-state index contributed by atoms with van der Waals surface area (Å²) in [5.41, 5.74) is -0.420. The van der Waals surface area contributed by atoms with E-state index < -0.39 is 16.2 Å². The summed E-state index contributed by atoms with van der Waals surface area (Å²) in [7, 11) is 0. The van der Waals surface area contributed by atoms with E-state index in [1.165, 1.54) is 6.07 Å². The van der Waals surface area contributed by atoms with Gasteiger partial charge in [0.15, 0.2) is 0 Å². The first-order valence-corrected chi connectivity index (χ1v) is 5.42. The number of carbonyl (C=O) groups excluding carboxylic acids is 1. The average Bonchev–Trinajstić information content (AvgIpc) is 2.08. The molecule has 1 aromatic carbocycles. The Morgan fingerprint density at radius 2 is 1.80 bits per heavy atom. The van der Waals surface area contributed by atoms with E-state index in [0.717, 1.165) is 6.07 Å². The summed E-state index contributed by atoms with van der Waals surface area (Å²) in [6, 6.07) is 2.29. The molecule has 82 valence electrons. The number of benzene rings is 1. The lowest BCUT2D eigenvalue weighted by Gasteiger charge is -2.09. The monoisotopic (exact) mass is 336 g/mol. The number of ketones is 1. The lowest BCUT2D eigenvalue weighted by atomic mass is 10.1. The molecule has 0 aliphatic carbocycles. The smallest absolute Gasteiger partial charge is 0.286 e. The van der Waals surface area contributed by atoms with Crippen LogP contribution in [0.3, 0.4) is 0 Å². The lowest BCUT2D eigenvalue weighted by molar-refractivity contribution is 0.0593. The molecule has 15 heavy (non-hydrogen) atoms. The molecule has 1 rings (SSSR count). The molecule has 0 amide bonds. The van der Waals surface area contributed by atoms with E-state index in [1.54, 1.807) is 0 Å². The maximum Gasteiger partial charge on any atom is 0.363 e. The van der Waals surface area contributed by atoms with Crippen molar-refractivity contribution >= 4 is 56.5 Å². The van der Waals surface area contributed by atoms with Crippen molar-refractivity contribution in [2.75, 3.05) is 0 Å². The van der Waals surface area contributed by atoms with E-state index in [4.69, 9.17) is 34.8 Å². The van der Waals surface area contributed by atoms with Crippen molar-refractivity contribution in [3.8, 4) is 0 Å². The van der Waals surface area contributed by atoms with Gasteiger partial charge in [-0.15, -0.1) is 0 Å². The van der Waals surface area contributed by atoms with Crippen molar-refractivity contribution in [2.24, 2.45) is 0 Å². The molecule has 0 fully saturated rings. The highest BCUT2D eigenvalue weighted by atomic mass is 79.9. The Morgan fingerprint density at radius 3 is 2.27 bits per heavy atom. The molecule has 0 heterocycles. The van der Waals surface area contributed by atoms with Gasteiger partial charge in [0.25, 0.3) is 0 Å². The minimum Gasteiger partial charge on any atom is -0.286 e. The van der Waals surface area contributed by atoms with Crippen molar-refractivity contribution in [3.63, 3.8) is 0 Å². The molecular formula is C8H2BrCl3F2O. The van der Waals surface area contributed by atoms with Crippen LogP contribution in [0, 0.1) is 0 Å². The number of halogens is 6. The minimum atomic E-state index is -3.69. The first-order valence-electron chi connectivity index (χ1n) is 3.49. The highest BCUT2D eigenvalue weighted by Gasteiger charge is 2.37. The molecule has 0 aromatic heterocycles. The molecule has 0 atom stereocenters. The third kappa shape index (κ3) is 3.03. The zero-order chi connectivity index (χ0) is 11.8. The highest BCUT2D eigenvalue weighted by molar-refractivity contribution is 9.10. The molecule has 0 bridgehead atoms. The largest absolute Gasteiger partial charge is 0.363 e. The standard InChI is InChI=1S/C8H2BrCl3F2O/c9-8(13,14)7(15)4-1-3(10)2-5(11)6(4)12/h1-2H. The molecule has 0 N–H and O–H groups in total. The van der Waals surface area contributed by atoms with E-state index in [9.17, 15) is 13.6 Å². The molecular weight excluding hydrogens is 336 g/mol. The van der Waals surface area contributed by atoms with Crippen LogP contribution in [-0.2, 0) is 0 Å². The predicted molar refractivity (Wildman–Crippen MR) is 59.7 cm³/mol. The Labute approximate surface area is 107 Å². The van der Waals surface area contributed by atoms with E-state index in [2.05, 4.69) is 0 Å². The van der Waals surface area contributed by atoms with Crippen LogP contribution in [0.15, 0.2) is 12.1 Å². The molecule has 1 nitrogen and oxygen atoms in total. The maximum absolute atomic E-state index is 12.7. The number of rotatable bonds is 2. The second kappa shape index (κ2) is 4.53. The Morgan fingerprint density at radius 1 is 1.27 bits per heavy atom. The summed E-state index contributed by atoms with van der Waals surface area (Å²) in [6.45, 7) is 0. The summed E-state index contributed by atoms with van der Waals surface area (Å²) >= 11 is 18.7. The molecule has 0 saturated carbocycles. The normalized spacial score (nSPS) is 11.6. The average molecular weight is 338 g/mol. The summed E-state index contributed by atoms with van der Waals surface area (Å²) in [4.78, 5) is 7.50. The third-order valence-corrected chi connectivity index (χ3v) is 2.88. The van der Waals surface area contributed by atoms with Crippen LogP contribution in [0.5, 0.6) is 0 Å². The van der Waals surface area contributed by atoms with Gasteiger partial charge in [-0.1, -0.05) is 34.8 Å². The van der Waals surface area contributed by atoms with Crippen LogP contribution in [0.2, 0.25) is 15.1 Å².